The molecule has 5 nitrogen and oxygen atoms in total. The molecule has 2 aromatic rings. The standard InChI is InChI=1S/C10H9N3O2S/c14-10(15)8-1-2-9(13-12-8)11-5-7-3-4-16-6-7/h1-4,6H,5H2,(H,11,13)(H,14,15). The van der Waals surface area contributed by atoms with E-state index in [1.54, 1.807) is 17.4 Å². The number of nitrogens with zero attached hydrogens (tertiary/aromatic N) is 2. The lowest BCUT2D eigenvalue weighted by molar-refractivity contribution is 0.0689. The van der Waals surface area contributed by atoms with Crippen LogP contribution in [0.5, 0.6) is 0 Å². The number of nitrogens with one attached hydrogen (secondary N) is 1. The van der Waals surface area contributed by atoms with Gasteiger partial charge in [-0.05, 0) is 34.5 Å². The Kier molecular flexibility index (Phi) is 3.11. The molecule has 0 radical (unpaired) electrons. The van der Waals surface area contributed by atoms with E-state index >= 15 is 0 Å². The number of hydrogen-bond donors (Lipinski definition) is 2. The second kappa shape index (κ2) is 4.71. The summed E-state index contributed by atoms with van der Waals surface area (Å²) < 4.78 is 0. The smallest absolute Gasteiger partial charge is 0.356 e. The van der Waals surface area contributed by atoms with Crippen molar-refractivity contribution in [3.8, 4) is 0 Å². The summed E-state index contributed by atoms with van der Waals surface area (Å²) in [4.78, 5) is 10.5. The van der Waals surface area contributed by atoms with Gasteiger partial charge in [-0.25, -0.2) is 4.79 Å². The summed E-state index contributed by atoms with van der Waals surface area (Å²) in [5, 5.41) is 23.0. The van der Waals surface area contributed by atoms with Crippen LogP contribution in [0.3, 0.4) is 0 Å². The first-order valence-electron chi connectivity index (χ1n) is 4.57. The minimum absolute atomic E-state index is 0.0546. The SMILES string of the molecule is O=C(O)c1ccc(NCc2ccsc2)nn1. The van der Waals surface area contributed by atoms with Gasteiger partial charge >= 0.3 is 5.97 Å². The summed E-state index contributed by atoms with van der Waals surface area (Å²) >= 11 is 1.63. The summed E-state index contributed by atoms with van der Waals surface area (Å²) in [6.45, 7) is 0.657. The van der Waals surface area contributed by atoms with E-state index in [1.807, 2.05) is 16.8 Å². The molecule has 0 fully saturated rings. The summed E-state index contributed by atoms with van der Waals surface area (Å²) in [5.41, 5.74) is 1.11. The molecule has 82 valence electrons. The van der Waals surface area contributed by atoms with Crippen molar-refractivity contribution >= 4 is 23.1 Å². The van der Waals surface area contributed by atoms with Crippen LogP contribution in [0.25, 0.3) is 0 Å². The molecule has 0 atom stereocenters. The largest absolute Gasteiger partial charge is 0.476 e. The van der Waals surface area contributed by atoms with E-state index < -0.39 is 5.97 Å². The maximum Gasteiger partial charge on any atom is 0.356 e. The van der Waals surface area contributed by atoms with Gasteiger partial charge in [-0.15, -0.1) is 10.2 Å². The lowest BCUT2D eigenvalue weighted by Gasteiger charge is -2.02. The fourth-order valence-corrected chi connectivity index (χ4v) is 1.80. The lowest BCUT2D eigenvalue weighted by atomic mass is 10.3. The second-order valence-corrected chi connectivity index (χ2v) is 3.87. The van der Waals surface area contributed by atoms with Crippen molar-refractivity contribution in [2.24, 2.45) is 0 Å². The first kappa shape index (κ1) is 10.6. The van der Waals surface area contributed by atoms with E-state index in [0.29, 0.717) is 12.4 Å². The molecule has 0 saturated heterocycles. The zero-order chi connectivity index (χ0) is 11.4. The number of carboxylic acid groups (broad SMARTS) is 1. The van der Waals surface area contributed by atoms with E-state index in [9.17, 15) is 4.79 Å². The van der Waals surface area contributed by atoms with E-state index in [2.05, 4.69) is 15.5 Å². The van der Waals surface area contributed by atoms with Crippen molar-refractivity contribution in [1.82, 2.24) is 10.2 Å². The van der Waals surface area contributed by atoms with Crippen molar-refractivity contribution in [1.29, 1.82) is 0 Å². The Balaban J connectivity index is 1.98. The van der Waals surface area contributed by atoms with E-state index in [1.165, 1.54) is 6.07 Å². The maximum atomic E-state index is 10.5. The fraction of sp³-hybridized carbons (Fsp3) is 0.100. The Morgan fingerprint density at radius 3 is 2.81 bits per heavy atom. The Labute approximate surface area is 95.8 Å². The highest BCUT2D eigenvalue weighted by Crippen LogP contribution is 2.09. The molecule has 0 bridgehead atoms. The molecule has 16 heavy (non-hydrogen) atoms. The summed E-state index contributed by atoms with van der Waals surface area (Å²) in [6, 6.07) is 5.03. The molecular weight excluding hydrogens is 226 g/mol. The minimum atomic E-state index is -1.07. The average Bonchev–Trinajstić information content (AvgIpc) is 2.80. The van der Waals surface area contributed by atoms with Gasteiger partial charge in [-0.2, -0.15) is 11.3 Å². The number of thiophene rings is 1. The molecule has 2 aromatic heterocycles. The van der Waals surface area contributed by atoms with Gasteiger partial charge in [-0.3, -0.25) is 0 Å². The third kappa shape index (κ3) is 2.54. The van der Waals surface area contributed by atoms with Gasteiger partial charge in [-0.1, -0.05) is 0 Å². The van der Waals surface area contributed by atoms with Crippen molar-refractivity contribution < 1.29 is 9.90 Å². The number of rotatable bonds is 4. The van der Waals surface area contributed by atoms with Gasteiger partial charge in [0.2, 0.25) is 0 Å². The number of carbonyl (C=O) groups is 1. The van der Waals surface area contributed by atoms with Gasteiger partial charge in [0.1, 0.15) is 5.82 Å². The summed E-state index contributed by atoms with van der Waals surface area (Å²) in [5.74, 6) is -0.506. The van der Waals surface area contributed by atoms with Gasteiger partial charge in [0, 0.05) is 6.54 Å². The van der Waals surface area contributed by atoms with E-state index in [-0.39, 0.29) is 5.69 Å². The predicted molar refractivity (Wildman–Crippen MR) is 60.6 cm³/mol. The molecule has 0 unspecified atom stereocenters. The highest BCUT2D eigenvalue weighted by Gasteiger charge is 2.04. The quantitative estimate of drug-likeness (QED) is 0.845. The number of carboxylic acids is 1. The number of aromatic carboxylic acids is 1. The zero-order valence-corrected chi connectivity index (χ0v) is 9.07. The molecule has 0 aliphatic carbocycles. The molecule has 0 aromatic carbocycles. The third-order valence-corrected chi connectivity index (χ3v) is 2.67. The average molecular weight is 235 g/mol. The second-order valence-electron chi connectivity index (χ2n) is 3.09. The first-order chi connectivity index (χ1) is 7.75. The van der Waals surface area contributed by atoms with Crippen LogP contribution in [0.4, 0.5) is 5.82 Å². The number of aromatic nitrogens is 2. The summed E-state index contributed by atoms with van der Waals surface area (Å²) in [6.07, 6.45) is 0. The third-order valence-electron chi connectivity index (χ3n) is 1.94. The normalized spacial score (nSPS) is 10.0. The van der Waals surface area contributed by atoms with Crippen LogP contribution in [0.15, 0.2) is 29.0 Å². The van der Waals surface area contributed by atoms with E-state index in [0.717, 1.165) is 5.56 Å². The molecule has 0 amide bonds. The van der Waals surface area contributed by atoms with Crippen LogP contribution in [-0.4, -0.2) is 21.3 Å². The summed E-state index contributed by atoms with van der Waals surface area (Å²) in [7, 11) is 0. The molecule has 0 saturated carbocycles. The number of anilines is 1. The van der Waals surface area contributed by atoms with Crippen LogP contribution < -0.4 is 5.32 Å². The van der Waals surface area contributed by atoms with Gasteiger partial charge < -0.3 is 10.4 Å². The van der Waals surface area contributed by atoms with Crippen molar-refractivity contribution in [3.63, 3.8) is 0 Å². The molecule has 0 aliphatic rings. The molecule has 6 heteroatoms. The first-order valence-corrected chi connectivity index (χ1v) is 5.52. The molecule has 0 aliphatic heterocycles. The molecule has 2 rings (SSSR count). The Hall–Kier alpha value is -1.95. The van der Waals surface area contributed by atoms with Crippen LogP contribution in [0, 0.1) is 0 Å². The van der Waals surface area contributed by atoms with Crippen LogP contribution in [0.2, 0.25) is 0 Å². The van der Waals surface area contributed by atoms with Crippen LogP contribution >= 0.6 is 11.3 Å². The lowest BCUT2D eigenvalue weighted by Crippen LogP contribution is -2.05. The fourth-order valence-electron chi connectivity index (χ4n) is 1.13. The predicted octanol–water partition coefficient (Wildman–Crippen LogP) is 1.85. The Morgan fingerprint density at radius 1 is 1.38 bits per heavy atom. The van der Waals surface area contributed by atoms with Gasteiger partial charge in [0.25, 0.3) is 0 Å². The minimum Gasteiger partial charge on any atom is -0.476 e. The van der Waals surface area contributed by atoms with Gasteiger partial charge in [0.05, 0.1) is 0 Å². The van der Waals surface area contributed by atoms with Crippen molar-refractivity contribution in [3.05, 3.63) is 40.2 Å². The maximum absolute atomic E-state index is 10.5. The molecular formula is C10H9N3O2S. The van der Waals surface area contributed by atoms with Crippen molar-refractivity contribution in [2.75, 3.05) is 5.32 Å². The van der Waals surface area contributed by atoms with Crippen molar-refractivity contribution in [2.45, 2.75) is 6.54 Å². The molecule has 2 N–H and O–H groups in total. The van der Waals surface area contributed by atoms with Crippen LogP contribution in [0.1, 0.15) is 16.1 Å². The van der Waals surface area contributed by atoms with Crippen LogP contribution in [-0.2, 0) is 6.54 Å². The molecule has 2 heterocycles. The monoisotopic (exact) mass is 235 g/mol. The van der Waals surface area contributed by atoms with Gasteiger partial charge in [0.15, 0.2) is 5.69 Å². The Bertz CT molecular complexity index is 467. The Morgan fingerprint density at radius 2 is 2.25 bits per heavy atom. The van der Waals surface area contributed by atoms with E-state index in [4.69, 9.17) is 5.11 Å². The highest BCUT2D eigenvalue weighted by atomic mass is 32.1. The topological polar surface area (TPSA) is 75.1 Å². The number of hydrogen-bond acceptors (Lipinski definition) is 5. The highest BCUT2D eigenvalue weighted by molar-refractivity contribution is 7.07. The molecule has 0 spiro atoms. The zero-order valence-electron chi connectivity index (χ0n) is 8.25.